The minimum Gasteiger partial charge on any atom is -0.399 e. The van der Waals surface area contributed by atoms with Crippen LogP contribution < -0.4 is 16.4 Å². The Kier molecular flexibility index (Phi) is 8.27. The van der Waals surface area contributed by atoms with Crippen molar-refractivity contribution in [3.63, 3.8) is 0 Å². The van der Waals surface area contributed by atoms with Crippen LogP contribution in [0.1, 0.15) is 34.3 Å². The van der Waals surface area contributed by atoms with Gasteiger partial charge in [0.05, 0.1) is 26.5 Å². The molecule has 3 aromatic rings. The maximum atomic E-state index is 13.2. The van der Waals surface area contributed by atoms with Crippen molar-refractivity contribution in [3.8, 4) is 0 Å². The molecule has 0 spiro atoms. The summed E-state index contributed by atoms with van der Waals surface area (Å²) in [4.78, 5) is 26.1. The molecule has 0 aliphatic rings. The molecule has 178 valence electrons. The first-order chi connectivity index (χ1) is 15.9. The third-order valence-corrected chi connectivity index (χ3v) is 6.53. The second-order valence-electron chi connectivity index (χ2n) is 7.78. The highest BCUT2D eigenvalue weighted by atomic mass is 35.5. The molecule has 1 atom stereocenters. The minimum absolute atomic E-state index is 0.168. The van der Waals surface area contributed by atoms with Crippen molar-refractivity contribution >= 4 is 86.9 Å². The summed E-state index contributed by atoms with van der Waals surface area (Å²) >= 11 is 31.1. The Morgan fingerprint density at radius 3 is 2.18 bits per heavy atom. The van der Waals surface area contributed by atoms with Gasteiger partial charge in [-0.05, 0) is 73.5 Å². The van der Waals surface area contributed by atoms with Gasteiger partial charge in [0, 0.05) is 17.1 Å². The Morgan fingerprint density at radius 2 is 1.56 bits per heavy atom. The molecular formula is C24H20Cl5N3O2. The van der Waals surface area contributed by atoms with E-state index in [-0.39, 0.29) is 15.6 Å². The normalized spacial score (nSPS) is 12.2. The summed E-state index contributed by atoms with van der Waals surface area (Å²) in [5, 5.41) is 6.35. The van der Waals surface area contributed by atoms with E-state index < -0.39 is 22.1 Å². The molecule has 3 aromatic carbocycles. The summed E-state index contributed by atoms with van der Waals surface area (Å²) < 4.78 is -1.47. The van der Waals surface area contributed by atoms with Crippen LogP contribution in [0, 0.1) is 6.92 Å². The fourth-order valence-electron chi connectivity index (χ4n) is 3.37. The average Bonchev–Trinajstić information content (AvgIpc) is 2.73. The van der Waals surface area contributed by atoms with Crippen molar-refractivity contribution in [3.05, 3.63) is 86.4 Å². The second kappa shape index (κ2) is 10.6. The molecular weight excluding hydrogens is 540 g/mol. The SMILES string of the molecule is Cc1cc(N)ccc1NC(=O)c1cc(NC(=O)C(c2ccc(Cl)c(Cl)c2)C(C)(Cl)Cl)ccc1Cl. The molecule has 0 radical (unpaired) electrons. The lowest BCUT2D eigenvalue weighted by Gasteiger charge is -2.26. The van der Waals surface area contributed by atoms with E-state index in [2.05, 4.69) is 10.6 Å². The molecule has 34 heavy (non-hydrogen) atoms. The molecule has 0 aromatic heterocycles. The molecule has 0 saturated heterocycles. The predicted octanol–water partition coefficient (Wildman–Crippen LogP) is 7.71. The Morgan fingerprint density at radius 1 is 0.882 bits per heavy atom. The minimum atomic E-state index is -1.47. The van der Waals surface area contributed by atoms with Gasteiger partial charge in [-0.2, -0.15) is 0 Å². The van der Waals surface area contributed by atoms with Crippen LogP contribution in [0.25, 0.3) is 0 Å². The average molecular weight is 560 g/mol. The summed E-state index contributed by atoms with van der Waals surface area (Å²) in [7, 11) is 0. The molecule has 0 bridgehead atoms. The van der Waals surface area contributed by atoms with Gasteiger partial charge in [0.25, 0.3) is 5.91 Å². The van der Waals surface area contributed by atoms with E-state index in [1.807, 2.05) is 6.92 Å². The number of halogens is 5. The van der Waals surface area contributed by atoms with Gasteiger partial charge in [-0.25, -0.2) is 0 Å². The first kappa shape index (κ1) is 26.5. The van der Waals surface area contributed by atoms with Gasteiger partial charge in [-0.3, -0.25) is 9.59 Å². The highest BCUT2D eigenvalue weighted by Gasteiger charge is 2.37. The van der Waals surface area contributed by atoms with Gasteiger partial charge in [-0.1, -0.05) is 40.9 Å². The van der Waals surface area contributed by atoms with Crippen LogP contribution in [-0.2, 0) is 4.79 Å². The van der Waals surface area contributed by atoms with Crippen LogP contribution in [-0.4, -0.2) is 16.1 Å². The molecule has 1 unspecified atom stereocenters. The van der Waals surface area contributed by atoms with E-state index in [4.69, 9.17) is 63.7 Å². The molecule has 3 rings (SSSR count). The predicted molar refractivity (Wildman–Crippen MR) is 143 cm³/mol. The van der Waals surface area contributed by atoms with Crippen molar-refractivity contribution in [2.75, 3.05) is 16.4 Å². The number of nitrogens with two attached hydrogens (primary N) is 1. The van der Waals surface area contributed by atoms with Gasteiger partial charge in [-0.15, -0.1) is 23.2 Å². The van der Waals surface area contributed by atoms with E-state index in [9.17, 15) is 9.59 Å². The van der Waals surface area contributed by atoms with Crippen molar-refractivity contribution in [1.82, 2.24) is 0 Å². The monoisotopic (exact) mass is 557 g/mol. The number of hydrogen-bond donors (Lipinski definition) is 3. The second-order valence-corrected chi connectivity index (χ2v) is 10.8. The van der Waals surface area contributed by atoms with Gasteiger partial charge >= 0.3 is 0 Å². The van der Waals surface area contributed by atoms with E-state index in [1.165, 1.54) is 25.1 Å². The zero-order valence-corrected chi connectivity index (χ0v) is 21.8. The third-order valence-electron chi connectivity index (χ3n) is 5.02. The number of hydrogen-bond acceptors (Lipinski definition) is 3. The van der Waals surface area contributed by atoms with Crippen LogP contribution in [0.3, 0.4) is 0 Å². The summed E-state index contributed by atoms with van der Waals surface area (Å²) in [5.74, 6) is -1.94. The summed E-state index contributed by atoms with van der Waals surface area (Å²) in [6, 6.07) is 14.4. The fourth-order valence-corrected chi connectivity index (χ4v) is 4.33. The third kappa shape index (κ3) is 6.29. The molecule has 0 fully saturated rings. The number of anilines is 3. The summed E-state index contributed by atoms with van der Waals surface area (Å²) in [6.07, 6.45) is 0. The Bertz CT molecular complexity index is 1260. The van der Waals surface area contributed by atoms with Gasteiger partial charge < -0.3 is 16.4 Å². The lowest BCUT2D eigenvalue weighted by Crippen LogP contribution is -2.32. The quantitative estimate of drug-likeness (QED) is 0.214. The standard InChI is InChI=1S/C24H20Cl5N3O2/c1-12-9-14(30)4-8-20(12)32-22(33)16-11-15(5-7-17(16)25)31-23(34)21(24(2,28)29)13-3-6-18(26)19(27)10-13/h3-11,21H,30H2,1-2H3,(H,31,34)(H,32,33). The molecule has 4 N–H and O–H groups in total. The lowest BCUT2D eigenvalue weighted by atomic mass is 9.94. The molecule has 5 nitrogen and oxygen atoms in total. The summed E-state index contributed by atoms with van der Waals surface area (Å²) in [5.41, 5.74) is 8.70. The van der Waals surface area contributed by atoms with Crippen LogP contribution in [0.15, 0.2) is 54.6 Å². The number of carbonyl (C=O) groups is 2. The smallest absolute Gasteiger partial charge is 0.257 e. The zero-order chi connectivity index (χ0) is 25.2. The van der Waals surface area contributed by atoms with Crippen LogP contribution in [0.4, 0.5) is 17.1 Å². The Balaban J connectivity index is 1.87. The van der Waals surface area contributed by atoms with Crippen molar-refractivity contribution in [2.24, 2.45) is 0 Å². The number of nitrogen functional groups attached to an aromatic ring is 1. The highest BCUT2D eigenvalue weighted by Crippen LogP contribution is 2.40. The molecule has 0 aliphatic carbocycles. The number of rotatable bonds is 6. The molecule has 0 heterocycles. The summed E-state index contributed by atoms with van der Waals surface area (Å²) in [6.45, 7) is 3.32. The maximum Gasteiger partial charge on any atom is 0.257 e. The first-order valence-corrected chi connectivity index (χ1v) is 11.9. The number of alkyl halides is 2. The number of benzene rings is 3. The highest BCUT2D eigenvalue weighted by molar-refractivity contribution is 6.50. The molecule has 10 heteroatoms. The number of aryl methyl sites for hydroxylation is 1. The van der Waals surface area contributed by atoms with Crippen molar-refractivity contribution in [1.29, 1.82) is 0 Å². The van der Waals surface area contributed by atoms with E-state index in [0.717, 1.165) is 5.56 Å². The maximum absolute atomic E-state index is 13.2. The Hall–Kier alpha value is -2.15. The number of nitrogens with one attached hydrogen (secondary N) is 2. The fraction of sp³-hybridized carbons (Fsp3) is 0.167. The largest absolute Gasteiger partial charge is 0.399 e. The van der Waals surface area contributed by atoms with Gasteiger partial charge in [0.2, 0.25) is 5.91 Å². The first-order valence-electron chi connectivity index (χ1n) is 9.97. The topological polar surface area (TPSA) is 84.2 Å². The van der Waals surface area contributed by atoms with Gasteiger partial charge in [0.15, 0.2) is 0 Å². The van der Waals surface area contributed by atoms with Crippen molar-refractivity contribution < 1.29 is 9.59 Å². The van der Waals surface area contributed by atoms with Crippen LogP contribution in [0.5, 0.6) is 0 Å². The molecule has 0 saturated carbocycles. The molecule has 0 aliphatic heterocycles. The van der Waals surface area contributed by atoms with Crippen LogP contribution in [0.2, 0.25) is 15.1 Å². The van der Waals surface area contributed by atoms with E-state index in [0.29, 0.717) is 27.6 Å². The number of amides is 2. The molecule has 2 amide bonds. The van der Waals surface area contributed by atoms with E-state index >= 15 is 0 Å². The van der Waals surface area contributed by atoms with E-state index in [1.54, 1.807) is 36.4 Å². The lowest BCUT2D eigenvalue weighted by molar-refractivity contribution is -0.117. The van der Waals surface area contributed by atoms with Crippen molar-refractivity contribution in [2.45, 2.75) is 24.1 Å². The Labute approximate surface area is 222 Å². The van der Waals surface area contributed by atoms with Gasteiger partial charge in [0.1, 0.15) is 4.33 Å². The van der Waals surface area contributed by atoms with Crippen LogP contribution >= 0.6 is 58.0 Å². The zero-order valence-electron chi connectivity index (χ0n) is 18.1. The number of carbonyl (C=O) groups excluding carboxylic acids is 2.